The lowest BCUT2D eigenvalue weighted by Gasteiger charge is -2.38. The lowest BCUT2D eigenvalue weighted by atomic mass is 9.91. The molecule has 0 spiro atoms. The van der Waals surface area contributed by atoms with E-state index < -0.39 is 0 Å². The van der Waals surface area contributed by atoms with Crippen molar-refractivity contribution in [2.45, 2.75) is 44.7 Å². The third-order valence-corrected chi connectivity index (χ3v) is 3.45. The van der Waals surface area contributed by atoms with E-state index in [9.17, 15) is 0 Å². The number of piperidine rings is 1. The minimum absolute atomic E-state index is 0.421. The highest BCUT2D eigenvalue weighted by Gasteiger charge is 2.27. The van der Waals surface area contributed by atoms with Crippen molar-refractivity contribution in [3.63, 3.8) is 0 Å². The predicted octanol–water partition coefficient (Wildman–Crippen LogP) is 2.87. The molecule has 0 bridgehead atoms. The molecule has 15 heavy (non-hydrogen) atoms. The van der Waals surface area contributed by atoms with E-state index in [1.807, 2.05) is 0 Å². The van der Waals surface area contributed by atoms with Gasteiger partial charge in [-0.2, -0.15) is 0 Å². The Labute approximate surface area is 92.1 Å². The summed E-state index contributed by atoms with van der Waals surface area (Å²) in [5.41, 5.74) is 1.36. The number of nitrogens with two attached hydrogens (primary N) is 1. The van der Waals surface area contributed by atoms with Crippen LogP contribution in [0.2, 0.25) is 0 Å². The zero-order valence-electron chi connectivity index (χ0n) is 9.39. The van der Waals surface area contributed by atoms with Gasteiger partial charge in [0.05, 0.1) is 0 Å². The Morgan fingerprint density at radius 2 is 2.00 bits per heavy atom. The average Bonchev–Trinajstić information content (AvgIpc) is 2.30. The van der Waals surface area contributed by atoms with E-state index in [0.717, 1.165) is 6.42 Å². The van der Waals surface area contributed by atoms with Crippen molar-refractivity contribution in [2.24, 2.45) is 5.84 Å². The lowest BCUT2D eigenvalue weighted by molar-refractivity contribution is 0.0803. The summed E-state index contributed by atoms with van der Waals surface area (Å²) in [5, 5.41) is 2.07. The van der Waals surface area contributed by atoms with E-state index >= 15 is 0 Å². The van der Waals surface area contributed by atoms with E-state index in [4.69, 9.17) is 5.84 Å². The monoisotopic (exact) mass is 204 g/mol. The molecule has 1 aliphatic heterocycles. The van der Waals surface area contributed by atoms with Gasteiger partial charge < -0.3 is 0 Å². The summed E-state index contributed by atoms with van der Waals surface area (Å²) in [6, 6.07) is 11.6. The van der Waals surface area contributed by atoms with Gasteiger partial charge in [-0.15, -0.1) is 0 Å². The molecule has 2 N–H and O–H groups in total. The van der Waals surface area contributed by atoms with Crippen LogP contribution in [0.4, 0.5) is 0 Å². The molecule has 0 aromatic heterocycles. The molecular formula is C13H20N2. The fourth-order valence-corrected chi connectivity index (χ4v) is 2.53. The van der Waals surface area contributed by atoms with Crippen LogP contribution in [-0.2, 0) is 0 Å². The zero-order chi connectivity index (χ0) is 10.7. The van der Waals surface area contributed by atoms with Crippen LogP contribution in [0.3, 0.4) is 0 Å². The molecule has 1 aromatic carbocycles. The van der Waals surface area contributed by atoms with Gasteiger partial charge in [-0.25, -0.2) is 5.01 Å². The smallest absolute Gasteiger partial charge is 0.0493 e. The Balaban J connectivity index is 2.15. The summed E-state index contributed by atoms with van der Waals surface area (Å²) < 4.78 is 0. The molecule has 1 saturated heterocycles. The first-order chi connectivity index (χ1) is 7.33. The fraction of sp³-hybridized carbons (Fsp3) is 0.538. The fourth-order valence-electron chi connectivity index (χ4n) is 2.53. The van der Waals surface area contributed by atoms with Crippen LogP contribution in [0, 0.1) is 0 Å². The van der Waals surface area contributed by atoms with Crippen LogP contribution in [0.15, 0.2) is 30.3 Å². The van der Waals surface area contributed by atoms with Crippen LogP contribution in [0.25, 0.3) is 0 Å². The first kappa shape index (κ1) is 10.7. The summed E-state index contributed by atoms with van der Waals surface area (Å²) >= 11 is 0. The molecule has 2 nitrogen and oxygen atoms in total. The molecular weight excluding hydrogens is 184 g/mol. The van der Waals surface area contributed by atoms with E-state index in [0.29, 0.717) is 12.1 Å². The molecule has 0 amide bonds. The second-order valence-electron chi connectivity index (χ2n) is 4.37. The number of hydrogen-bond acceptors (Lipinski definition) is 2. The van der Waals surface area contributed by atoms with Crippen LogP contribution >= 0.6 is 0 Å². The maximum atomic E-state index is 6.20. The molecule has 0 saturated carbocycles. The number of benzene rings is 1. The van der Waals surface area contributed by atoms with Crippen molar-refractivity contribution >= 4 is 0 Å². The average molecular weight is 204 g/mol. The third kappa shape index (κ3) is 2.21. The Kier molecular flexibility index (Phi) is 3.39. The van der Waals surface area contributed by atoms with Gasteiger partial charge in [0.1, 0.15) is 0 Å². The second kappa shape index (κ2) is 4.77. The molecule has 2 heteroatoms. The van der Waals surface area contributed by atoms with Crippen LogP contribution in [0.1, 0.15) is 44.2 Å². The summed E-state index contributed by atoms with van der Waals surface area (Å²) in [7, 11) is 0. The summed E-state index contributed by atoms with van der Waals surface area (Å²) in [5.74, 6) is 6.20. The minimum Gasteiger partial charge on any atom is -0.268 e. The molecule has 1 aliphatic rings. The Hall–Kier alpha value is -0.860. The summed E-state index contributed by atoms with van der Waals surface area (Å²) in [4.78, 5) is 0. The maximum Gasteiger partial charge on any atom is 0.0493 e. The number of nitrogens with zero attached hydrogens (tertiary/aromatic N) is 1. The first-order valence-corrected chi connectivity index (χ1v) is 5.91. The normalized spacial score (nSPS) is 27.9. The highest BCUT2D eigenvalue weighted by Crippen LogP contribution is 2.32. The molecule has 1 heterocycles. The molecule has 1 aromatic rings. The molecule has 0 aliphatic carbocycles. The Morgan fingerprint density at radius 1 is 1.27 bits per heavy atom. The number of hydrazine groups is 1. The van der Waals surface area contributed by atoms with Crippen molar-refractivity contribution in [1.82, 2.24) is 5.01 Å². The SMILES string of the molecule is CC[C@H]1CCC[C@@H](c2ccccc2)N1N. The van der Waals surface area contributed by atoms with E-state index in [1.165, 1.54) is 24.8 Å². The molecule has 2 atom stereocenters. The molecule has 1 fully saturated rings. The van der Waals surface area contributed by atoms with Crippen molar-refractivity contribution in [2.75, 3.05) is 0 Å². The van der Waals surface area contributed by atoms with Gasteiger partial charge in [0, 0.05) is 12.1 Å². The van der Waals surface area contributed by atoms with E-state index in [-0.39, 0.29) is 0 Å². The standard InChI is InChI=1S/C13H20N2/c1-2-12-9-6-10-13(15(12)14)11-7-4-3-5-8-11/h3-5,7-8,12-13H,2,6,9-10,14H2,1H3/t12-,13-/m0/s1. The lowest BCUT2D eigenvalue weighted by Crippen LogP contribution is -2.46. The third-order valence-electron chi connectivity index (χ3n) is 3.45. The molecule has 0 radical (unpaired) electrons. The predicted molar refractivity (Wildman–Crippen MR) is 63.1 cm³/mol. The van der Waals surface area contributed by atoms with Crippen LogP contribution in [-0.4, -0.2) is 11.1 Å². The molecule has 82 valence electrons. The van der Waals surface area contributed by atoms with Gasteiger partial charge in [0.15, 0.2) is 0 Å². The minimum atomic E-state index is 0.421. The van der Waals surface area contributed by atoms with Gasteiger partial charge in [0.2, 0.25) is 0 Å². The van der Waals surface area contributed by atoms with Gasteiger partial charge in [-0.3, -0.25) is 5.84 Å². The topological polar surface area (TPSA) is 29.3 Å². The van der Waals surface area contributed by atoms with Crippen molar-refractivity contribution in [3.8, 4) is 0 Å². The Morgan fingerprint density at radius 3 is 2.67 bits per heavy atom. The summed E-state index contributed by atoms with van der Waals surface area (Å²) in [6.07, 6.45) is 4.89. The van der Waals surface area contributed by atoms with Crippen molar-refractivity contribution in [1.29, 1.82) is 0 Å². The van der Waals surface area contributed by atoms with E-state index in [2.05, 4.69) is 42.3 Å². The molecule has 2 rings (SSSR count). The largest absolute Gasteiger partial charge is 0.268 e. The summed E-state index contributed by atoms with van der Waals surface area (Å²) in [6.45, 7) is 2.22. The van der Waals surface area contributed by atoms with Crippen molar-refractivity contribution < 1.29 is 0 Å². The van der Waals surface area contributed by atoms with Gasteiger partial charge >= 0.3 is 0 Å². The quantitative estimate of drug-likeness (QED) is 0.751. The number of hydrogen-bond donors (Lipinski definition) is 1. The first-order valence-electron chi connectivity index (χ1n) is 5.91. The zero-order valence-corrected chi connectivity index (χ0v) is 9.39. The van der Waals surface area contributed by atoms with Crippen LogP contribution < -0.4 is 5.84 Å². The Bertz CT molecular complexity index is 297. The maximum absolute atomic E-state index is 6.20. The van der Waals surface area contributed by atoms with Gasteiger partial charge in [-0.1, -0.05) is 37.3 Å². The second-order valence-corrected chi connectivity index (χ2v) is 4.37. The van der Waals surface area contributed by atoms with Gasteiger partial charge in [-0.05, 0) is 31.2 Å². The van der Waals surface area contributed by atoms with Crippen LogP contribution in [0.5, 0.6) is 0 Å². The van der Waals surface area contributed by atoms with E-state index in [1.54, 1.807) is 0 Å². The highest BCUT2D eigenvalue weighted by molar-refractivity contribution is 5.19. The highest BCUT2D eigenvalue weighted by atomic mass is 15.4. The molecule has 0 unspecified atom stereocenters. The van der Waals surface area contributed by atoms with Gasteiger partial charge in [0.25, 0.3) is 0 Å². The number of rotatable bonds is 2. The van der Waals surface area contributed by atoms with Crippen molar-refractivity contribution in [3.05, 3.63) is 35.9 Å².